The number of hydrogen-bond donors (Lipinski definition) is 0. The van der Waals surface area contributed by atoms with Crippen LogP contribution in [0.2, 0.25) is 0 Å². The smallest absolute Gasteiger partial charge is 0.00694 e. The van der Waals surface area contributed by atoms with Crippen molar-refractivity contribution in [3.63, 3.8) is 0 Å². The van der Waals surface area contributed by atoms with E-state index in [0.717, 1.165) is 0 Å². The van der Waals surface area contributed by atoms with Gasteiger partial charge >= 0.3 is 0 Å². The molecule has 1 unspecified atom stereocenters. The fourth-order valence-corrected chi connectivity index (χ4v) is 3.24. The van der Waals surface area contributed by atoms with E-state index in [0.29, 0.717) is 5.41 Å². The van der Waals surface area contributed by atoms with Crippen LogP contribution in [-0.4, -0.2) is 0 Å². The zero-order valence-electron chi connectivity index (χ0n) is 9.73. The summed E-state index contributed by atoms with van der Waals surface area (Å²) in [6.07, 6.45) is 11.8. The van der Waals surface area contributed by atoms with Crippen LogP contribution in [0.4, 0.5) is 0 Å². The lowest BCUT2D eigenvalue weighted by molar-refractivity contribution is 0.301. The second kappa shape index (κ2) is 3.91. The van der Waals surface area contributed by atoms with Crippen molar-refractivity contribution >= 4 is 0 Å². The summed E-state index contributed by atoms with van der Waals surface area (Å²) in [7, 11) is 0. The number of allylic oxidation sites excluding steroid dienone is 5. The lowest BCUT2D eigenvalue weighted by Gasteiger charge is -2.41. The Hall–Kier alpha value is -0.780. The number of hydrogen-bond acceptors (Lipinski definition) is 0. The van der Waals surface area contributed by atoms with Gasteiger partial charge in [-0.3, -0.25) is 0 Å². The molecule has 1 atom stereocenters. The highest BCUT2D eigenvalue weighted by molar-refractivity contribution is 5.47. The Labute approximate surface area is 100 Å². The van der Waals surface area contributed by atoms with Crippen LogP contribution in [0.15, 0.2) is 34.9 Å². The summed E-state index contributed by atoms with van der Waals surface area (Å²) < 4.78 is 0. The topological polar surface area (TPSA) is 0 Å². The molecule has 0 heteroatoms. The predicted molar refractivity (Wildman–Crippen MR) is 71.4 cm³/mol. The van der Waals surface area contributed by atoms with Crippen molar-refractivity contribution in [2.45, 2.75) is 59.3 Å². The molecule has 3 rings (SSSR count). The maximum absolute atomic E-state index is 4.27. The van der Waals surface area contributed by atoms with Crippen LogP contribution in [0.3, 0.4) is 0 Å². The Kier molecular flexibility index (Phi) is 2.86. The van der Waals surface area contributed by atoms with Crippen molar-refractivity contribution in [3.05, 3.63) is 34.9 Å². The highest BCUT2D eigenvalue weighted by Crippen LogP contribution is 2.51. The Morgan fingerprint density at radius 1 is 1.12 bits per heavy atom. The van der Waals surface area contributed by atoms with E-state index in [4.69, 9.17) is 0 Å². The number of rotatable bonds is 0. The van der Waals surface area contributed by atoms with Crippen LogP contribution in [-0.2, 0) is 0 Å². The van der Waals surface area contributed by atoms with Gasteiger partial charge in [0.15, 0.2) is 0 Å². The highest BCUT2D eigenvalue weighted by Gasteiger charge is 2.36. The third-order valence-electron chi connectivity index (χ3n) is 4.46. The van der Waals surface area contributed by atoms with E-state index in [9.17, 15) is 0 Å². The standard InChI is InChI=1S/C15H20.CH4/c1-11-4-3-8-15(2)9-7-13(10-14(11)15)12-5-6-12;/h10H,1,3-9H2,2H3;1H4. The van der Waals surface area contributed by atoms with Gasteiger partial charge in [-0.25, -0.2) is 0 Å². The molecule has 3 aliphatic rings. The first-order valence-corrected chi connectivity index (χ1v) is 6.30. The monoisotopic (exact) mass is 216 g/mol. The molecular formula is C16H24. The van der Waals surface area contributed by atoms with Gasteiger partial charge in [-0.1, -0.05) is 38.2 Å². The van der Waals surface area contributed by atoms with Crippen LogP contribution in [0.5, 0.6) is 0 Å². The van der Waals surface area contributed by atoms with Gasteiger partial charge < -0.3 is 0 Å². The largest absolute Gasteiger partial charge is 0.0955 e. The molecule has 0 bridgehead atoms. The van der Waals surface area contributed by atoms with Crippen LogP contribution < -0.4 is 0 Å². The van der Waals surface area contributed by atoms with Crippen molar-refractivity contribution in [2.75, 3.05) is 0 Å². The summed E-state index contributed by atoms with van der Waals surface area (Å²) in [5.74, 6) is 0. The average molecular weight is 216 g/mol. The van der Waals surface area contributed by atoms with Crippen molar-refractivity contribution in [1.82, 2.24) is 0 Å². The van der Waals surface area contributed by atoms with Crippen molar-refractivity contribution < 1.29 is 0 Å². The Morgan fingerprint density at radius 3 is 2.56 bits per heavy atom. The van der Waals surface area contributed by atoms with Crippen molar-refractivity contribution in [1.29, 1.82) is 0 Å². The second-order valence-corrected chi connectivity index (χ2v) is 5.70. The van der Waals surface area contributed by atoms with Gasteiger partial charge in [-0.15, -0.1) is 0 Å². The molecule has 16 heavy (non-hydrogen) atoms. The fourth-order valence-electron chi connectivity index (χ4n) is 3.24. The molecule has 0 heterocycles. The molecule has 0 aromatic rings. The molecular weight excluding hydrogens is 192 g/mol. The van der Waals surface area contributed by atoms with Crippen LogP contribution in [0.25, 0.3) is 0 Å². The van der Waals surface area contributed by atoms with E-state index in [2.05, 4.69) is 19.6 Å². The number of fused-ring (bicyclic) bond motifs is 1. The van der Waals surface area contributed by atoms with E-state index >= 15 is 0 Å². The Balaban J connectivity index is 0.000000963. The summed E-state index contributed by atoms with van der Waals surface area (Å²) in [5, 5.41) is 0. The zero-order chi connectivity index (χ0) is 10.5. The Bertz CT molecular complexity index is 375. The first kappa shape index (κ1) is 11.7. The zero-order valence-corrected chi connectivity index (χ0v) is 9.73. The summed E-state index contributed by atoms with van der Waals surface area (Å²) >= 11 is 0. The molecule has 2 saturated carbocycles. The molecule has 0 aromatic carbocycles. The molecule has 0 aromatic heterocycles. The highest BCUT2D eigenvalue weighted by atomic mass is 14.4. The predicted octanol–water partition coefficient (Wildman–Crippen LogP) is 5.18. The van der Waals surface area contributed by atoms with Gasteiger partial charge in [0, 0.05) is 0 Å². The minimum Gasteiger partial charge on any atom is -0.0955 e. The van der Waals surface area contributed by atoms with Gasteiger partial charge in [0.25, 0.3) is 0 Å². The molecule has 0 nitrogen and oxygen atoms in total. The van der Waals surface area contributed by atoms with Gasteiger partial charge in [0.1, 0.15) is 0 Å². The van der Waals surface area contributed by atoms with Crippen LogP contribution in [0.1, 0.15) is 59.3 Å². The summed E-state index contributed by atoms with van der Waals surface area (Å²) in [6, 6.07) is 0. The second-order valence-electron chi connectivity index (χ2n) is 5.70. The molecule has 3 aliphatic carbocycles. The Morgan fingerprint density at radius 2 is 1.88 bits per heavy atom. The average Bonchev–Trinajstić information content (AvgIpc) is 3.01. The van der Waals surface area contributed by atoms with E-state index in [-0.39, 0.29) is 7.43 Å². The van der Waals surface area contributed by atoms with E-state index in [1.165, 1.54) is 50.5 Å². The first-order chi connectivity index (χ1) is 7.19. The van der Waals surface area contributed by atoms with Gasteiger partial charge in [0.2, 0.25) is 0 Å². The minimum absolute atomic E-state index is 0. The van der Waals surface area contributed by atoms with Crippen molar-refractivity contribution in [2.24, 2.45) is 5.41 Å². The fraction of sp³-hybridized carbons (Fsp3) is 0.625. The van der Waals surface area contributed by atoms with Crippen molar-refractivity contribution in [3.8, 4) is 0 Å². The maximum atomic E-state index is 4.27. The lowest BCUT2D eigenvalue weighted by Crippen LogP contribution is -2.27. The third-order valence-corrected chi connectivity index (χ3v) is 4.46. The molecule has 88 valence electrons. The van der Waals surface area contributed by atoms with Crippen LogP contribution >= 0.6 is 0 Å². The minimum atomic E-state index is 0. The molecule has 0 radical (unpaired) electrons. The summed E-state index contributed by atoms with van der Waals surface area (Å²) in [4.78, 5) is 0. The lowest BCUT2D eigenvalue weighted by atomic mass is 9.64. The van der Waals surface area contributed by atoms with Gasteiger partial charge in [-0.05, 0) is 61.5 Å². The molecule has 0 saturated heterocycles. The normalized spacial score (nSPS) is 32.8. The molecule has 0 N–H and O–H groups in total. The van der Waals surface area contributed by atoms with Gasteiger partial charge in [0.05, 0.1) is 0 Å². The van der Waals surface area contributed by atoms with Gasteiger partial charge in [-0.2, -0.15) is 0 Å². The first-order valence-electron chi connectivity index (χ1n) is 6.30. The molecule has 0 amide bonds. The molecule has 2 fully saturated rings. The summed E-state index contributed by atoms with van der Waals surface area (Å²) in [5.41, 5.74) is 6.86. The van der Waals surface area contributed by atoms with E-state index < -0.39 is 0 Å². The van der Waals surface area contributed by atoms with E-state index in [1.54, 1.807) is 16.7 Å². The quantitative estimate of drug-likeness (QED) is 0.523. The third kappa shape index (κ3) is 1.79. The molecule has 0 spiro atoms. The maximum Gasteiger partial charge on any atom is -0.00694 e. The van der Waals surface area contributed by atoms with Crippen LogP contribution in [0, 0.1) is 5.41 Å². The molecule has 0 aliphatic heterocycles. The summed E-state index contributed by atoms with van der Waals surface area (Å²) in [6.45, 7) is 6.71. The van der Waals surface area contributed by atoms with E-state index in [1.807, 2.05) is 0 Å². The SMILES string of the molecule is C.C=C1CCCC2(C)CCC(=C3CC3)C=C12.